The van der Waals surface area contributed by atoms with Gasteiger partial charge in [-0.25, -0.2) is 9.07 Å². The summed E-state index contributed by atoms with van der Waals surface area (Å²) in [7, 11) is 3.21. The van der Waals surface area contributed by atoms with Gasteiger partial charge >= 0.3 is 0 Å². The fourth-order valence-electron chi connectivity index (χ4n) is 2.76. The largest absolute Gasteiger partial charge is 0.489 e. The second-order valence-corrected chi connectivity index (χ2v) is 6.19. The van der Waals surface area contributed by atoms with E-state index in [9.17, 15) is 14.0 Å². The number of aryl methyl sites for hydroxylation is 1. The molecule has 3 rings (SSSR count). The lowest BCUT2D eigenvalue weighted by Gasteiger charge is -2.18. The Morgan fingerprint density at radius 2 is 1.81 bits per heavy atom. The van der Waals surface area contributed by atoms with Gasteiger partial charge in [0.2, 0.25) is 5.91 Å². The Morgan fingerprint density at radius 3 is 2.56 bits per heavy atom. The average molecular weight is 369 g/mol. The van der Waals surface area contributed by atoms with E-state index in [1.165, 1.54) is 21.7 Å². The Morgan fingerprint density at radius 1 is 1.15 bits per heavy atom. The van der Waals surface area contributed by atoms with Crippen molar-refractivity contribution in [1.82, 2.24) is 14.7 Å². The number of carbonyl (C=O) groups excluding carboxylic acids is 1. The molecule has 140 valence electrons. The molecule has 0 bridgehead atoms. The van der Waals surface area contributed by atoms with Crippen molar-refractivity contribution in [1.29, 1.82) is 0 Å². The third kappa shape index (κ3) is 4.13. The van der Waals surface area contributed by atoms with E-state index >= 15 is 0 Å². The van der Waals surface area contributed by atoms with E-state index in [1.807, 2.05) is 6.07 Å². The number of ether oxygens (including phenoxy) is 1. The number of nitrogens with zero attached hydrogens (tertiary/aromatic N) is 3. The normalized spacial score (nSPS) is 10.8. The van der Waals surface area contributed by atoms with E-state index in [2.05, 4.69) is 5.10 Å². The monoisotopic (exact) mass is 369 g/mol. The fourth-order valence-corrected chi connectivity index (χ4v) is 2.76. The van der Waals surface area contributed by atoms with E-state index in [4.69, 9.17) is 4.74 Å². The van der Waals surface area contributed by atoms with Crippen molar-refractivity contribution in [3.8, 4) is 5.75 Å². The summed E-state index contributed by atoms with van der Waals surface area (Å²) < 4.78 is 20.2. The van der Waals surface area contributed by atoms with Crippen LogP contribution in [0.5, 0.6) is 5.75 Å². The number of hydrogen-bond donors (Lipinski definition) is 0. The lowest BCUT2D eigenvalue weighted by Crippen LogP contribution is -2.33. The van der Waals surface area contributed by atoms with Crippen LogP contribution in [-0.4, -0.2) is 40.8 Å². The number of benzene rings is 2. The van der Waals surface area contributed by atoms with Gasteiger partial charge in [-0.2, -0.15) is 5.10 Å². The summed E-state index contributed by atoms with van der Waals surface area (Å²) in [4.78, 5) is 26.2. The summed E-state index contributed by atoms with van der Waals surface area (Å²) in [5.41, 5.74) is 0.341. The van der Waals surface area contributed by atoms with Gasteiger partial charge in [-0.1, -0.05) is 30.3 Å². The molecule has 0 saturated carbocycles. The topological polar surface area (TPSA) is 64.4 Å². The SMILES string of the molecule is CN(CCOc1ccccc1F)C(=O)Cc1nn(C)c(=O)c2ccccc12. The molecule has 0 fully saturated rings. The van der Waals surface area contributed by atoms with Crippen molar-refractivity contribution in [2.75, 3.05) is 20.2 Å². The van der Waals surface area contributed by atoms with Crippen molar-refractivity contribution in [2.24, 2.45) is 7.05 Å². The number of para-hydroxylation sites is 1. The molecule has 1 amide bonds. The minimum absolute atomic E-state index is 0.0603. The average Bonchev–Trinajstić information content (AvgIpc) is 2.67. The molecule has 7 heteroatoms. The van der Waals surface area contributed by atoms with Gasteiger partial charge in [0.1, 0.15) is 6.61 Å². The number of aromatic nitrogens is 2. The number of likely N-dealkylation sites (N-methyl/N-ethyl adjacent to an activating group) is 1. The lowest BCUT2D eigenvalue weighted by atomic mass is 10.1. The first-order chi connectivity index (χ1) is 13.0. The minimum atomic E-state index is -0.438. The van der Waals surface area contributed by atoms with Gasteiger partial charge in [0.15, 0.2) is 11.6 Å². The number of carbonyl (C=O) groups is 1. The second-order valence-electron chi connectivity index (χ2n) is 6.19. The second kappa shape index (κ2) is 7.99. The van der Waals surface area contributed by atoms with Crippen LogP contribution in [0.4, 0.5) is 4.39 Å². The van der Waals surface area contributed by atoms with Crippen LogP contribution in [0, 0.1) is 5.82 Å². The maximum Gasteiger partial charge on any atom is 0.274 e. The van der Waals surface area contributed by atoms with Crippen LogP contribution in [0.3, 0.4) is 0 Å². The molecule has 0 radical (unpaired) electrons. The summed E-state index contributed by atoms with van der Waals surface area (Å²) in [6.07, 6.45) is 0.0603. The van der Waals surface area contributed by atoms with Gasteiger partial charge in [0.05, 0.1) is 24.0 Å². The number of hydrogen-bond acceptors (Lipinski definition) is 4. The molecule has 0 aliphatic rings. The first-order valence-corrected chi connectivity index (χ1v) is 8.53. The maximum atomic E-state index is 13.5. The first-order valence-electron chi connectivity index (χ1n) is 8.53. The molecule has 0 spiro atoms. The molecule has 1 aromatic heterocycles. The van der Waals surface area contributed by atoms with E-state index in [0.717, 1.165) is 0 Å². The Balaban J connectivity index is 1.67. The Kier molecular flexibility index (Phi) is 5.49. The summed E-state index contributed by atoms with van der Waals surface area (Å²) >= 11 is 0. The zero-order valence-corrected chi connectivity index (χ0v) is 15.2. The van der Waals surface area contributed by atoms with E-state index in [1.54, 1.807) is 44.4 Å². The van der Waals surface area contributed by atoms with Crippen LogP contribution < -0.4 is 10.3 Å². The molecular formula is C20H20FN3O3. The first kappa shape index (κ1) is 18.6. The molecule has 2 aromatic carbocycles. The van der Waals surface area contributed by atoms with Crippen molar-refractivity contribution in [3.63, 3.8) is 0 Å². The van der Waals surface area contributed by atoms with Crippen molar-refractivity contribution < 1.29 is 13.9 Å². The zero-order chi connectivity index (χ0) is 19.4. The van der Waals surface area contributed by atoms with Gasteiger partial charge in [-0.3, -0.25) is 9.59 Å². The van der Waals surface area contributed by atoms with Gasteiger partial charge in [0, 0.05) is 19.5 Å². The maximum absolute atomic E-state index is 13.5. The molecule has 27 heavy (non-hydrogen) atoms. The minimum Gasteiger partial charge on any atom is -0.489 e. The van der Waals surface area contributed by atoms with Crippen LogP contribution in [0.2, 0.25) is 0 Å². The quantitative estimate of drug-likeness (QED) is 0.668. The third-order valence-electron chi connectivity index (χ3n) is 4.30. The number of halogens is 1. The molecule has 0 aliphatic heterocycles. The molecule has 0 aliphatic carbocycles. The number of amides is 1. The van der Waals surface area contributed by atoms with Gasteiger partial charge in [-0.15, -0.1) is 0 Å². The van der Waals surface area contributed by atoms with Gasteiger partial charge < -0.3 is 9.64 Å². The standard InChI is InChI=1S/C20H20FN3O3/c1-23(11-12-27-18-10-6-5-9-16(18)21)19(25)13-17-14-7-3-4-8-15(14)20(26)24(2)22-17/h3-10H,11-13H2,1-2H3. The Bertz CT molecular complexity index is 1030. The molecule has 0 unspecified atom stereocenters. The van der Waals surface area contributed by atoms with Crippen molar-refractivity contribution in [2.45, 2.75) is 6.42 Å². The van der Waals surface area contributed by atoms with Crippen LogP contribution in [0.25, 0.3) is 10.8 Å². The lowest BCUT2D eigenvalue weighted by molar-refractivity contribution is -0.129. The van der Waals surface area contributed by atoms with Crippen molar-refractivity contribution >= 4 is 16.7 Å². The van der Waals surface area contributed by atoms with Crippen LogP contribution in [-0.2, 0) is 18.3 Å². The molecule has 0 atom stereocenters. The molecule has 1 heterocycles. The Hall–Kier alpha value is -3.22. The van der Waals surface area contributed by atoms with Crippen LogP contribution in [0.15, 0.2) is 53.3 Å². The van der Waals surface area contributed by atoms with Crippen LogP contribution >= 0.6 is 0 Å². The predicted octanol–water partition coefficient (Wildman–Crippen LogP) is 2.15. The van der Waals surface area contributed by atoms with Crippen molar-refractivity contribution in [3.05, 3.63) is 70.4 Å². The molecule has 6 nitrogen and oxygen atoms in total. The Labute approximate surface area is 155 Å². The van der Waals surface area contributed by atoms with Gasteiger partial charge in [0.25, 0.3) is 5.56 Å². The summed E-state index contributed by atoms with van der Waals surface area (Å²) in [5.74, 6) is -0.445. The highest BCUT2D eigenvalue weighted by Crippen LogP contribution is 2.16. The highest BCUT2D eigenvalue weighted by Gasteiger charge is 2.15. The smallest absolute Gasteiger partial charge is 0.274 e. The fraction of sp³-hybridized carbons (Fsp3) is 0.250. The zero-order valence-electron chi connectivity index (χ0n) is 15.2. The molecule has 0 saturated heterocycles. The predicted molar refractivity (Wildman–Crippen MR) is 100 cm³/mol. The number of rotatable bonds is 6. The highest BCUT2D eigenvalue weighted by atomic mass is 19.1. The van der Waals surface area contributed by atoms with Gasteiger partial charge in [-0.05, 0) is 18.2 Å². The number of fused-ring (bicyclic) bond motifs is 1. The van der Waals surface area contributed by atoms with Crippen LogP contribution in [0.1, 0.15) is 5.69 Å². The third-order valence-corrected chi connectivity index (χ3v) is 4.30. The van der Waals surface area contributed by atoms with E-state index in [0.29, 0.717) is 23.0 Å². The summed E-state index contributed by atoms with van der Waals surface area (Å²) in [6, 6.07) is 13.2. The molecular weight excluding hydrogens is 349 g/mol. The van der Waals surface area contributed by atoms with E-state index in [-0.39, 0.29) is 30.2 Å². The van der Waals surface area contributed by atoms with E-state index < -0.39 is 5.82 Å². The molecule has 3 aromatic rings. The summed E-state index contributed by atoms with van der Waals surface area (Å²) in [5, 5.41) is 5.44. The summed E-state index contributed by atoms with van der Waals surface area (Å²) in [6.45, 7) is 0.474. The highest BCUT2D eigenvalue weighted by molar-refractivity contribution is 5.88. The molecule has 0 N–H and O–H groups in total.